The van der Waals surface area contributed by atoms with Crippen LogP contribution in [0.5, 0.6) is 0 Å². The molecule has 7 nitrogen and oxygen atoms in total. The smallest absolute Gasteiger partial charge is 0.289 e. The number of benzene rings is 1. The maximum absolute atomic E-state index is 12.5. The number of likely N-dealkylation sites (N-methyl/N-ethyl adjacent to an activating group) is 1. The maximum Gasteiger partial charge on any atom is 0.289 e. The minimum atomic E-state index is -0.411. The van der Waals surface area contributed by atoms with Crippen molar-refractivity contribution in [1.82, 2.24) is 9.47 Å². The second-order valence-electron chi connectivity index (χ2n) is 6.51. The van der Waals surface area contributed by atoms with E-state index in [4.69, 9.17) is 4.42 Å². The van der Waals surface area contributed by atoms with Crippen molar-refractivity contribution in [2.75, 3.05) is 18.9 Å². The molecule has 0 unspecified atom stereocenters. The number of carbonyl (C=O) groups excluding carboxylic acids is 2. The molecule has 0 atom stereocenters. The molecule has 0 aliphatic rings. The molecule has 0 aliphatic heterocycles. The maximum atomic E-state index is 12.5. The van der Waals surface area contributed by atoms with E-state index in [1.54, 1.807) is 42.6 Å². The zero-order valence-corrected chi connectivity index (χ0v) is 15.7. The first kappa shape index (κ1) is 19.2. The Labute approximate surface area is 162 Å². The number of carbonyl (C=O) groups is 2. The first-order valence-corrected chi connectivity index (χ1v) is 8.78. The van der Waals surface area contributed by atoms with Gasteiger partial charge in [0.15, 0.2) is 5.76 Å². The number of anilines is 1. The van der Waals surface area contributed by atoms with Crippen LogP contribution in [0.25, 0.3) is 0 Å². The normalized spacial score (nSPS) is 10.5. The minimum absolute atomic E-state index is 0.110. The van der Waals surface area contributed by atoms with E-state index in [9.17, 15) is 14.4 Å². The average Bonchev–Trinajstić information content (AvgIpc) is 3.13. The van der Waals surface area contributed by atoms with Crippen molar-refractivity contribution in [2.45, 2.75) is 13.5 Å². The van der Waals surface area contributed by atoms with Crippen molar-refractivity contribution in [2.24, 2.45) is 0 Å². The summed E-state index contributed by atoms with van der Waals surface area (Å²) in [6.45, 7) is 2.08. The molecule has 0 aliphatic carbocycles. The van der Waals surface area contributed by atoms with Crippen LogP contribution < -0.4 is 10.9 Å². The third-order valence-corrected chi connectivity index (χ3v) is 4.16. The molecule has 2 aromatic heterocycles. The molecule has 144 valence electrons. The van der Waals surface area contributed by atoms with Gasteiger partial charge in [0.1, 0.15) is 5.76 Å². The first-order valence-electron chi connectivity index (χ1n) is 8.78. The number of nitrogens with one attached hydrogen (secondary N) is 1. The summed E-state index contributed by atoms with van der Waals surface area (Å²) < 4.78 is 7.03. The third kappa shape index (κ3) is 4.76. The van der Waals surface area contributed by atoms with Gasteiger partial charge in [-0.15, -0.1) is 0 Å². The van der Waals surface area contributed by atoms with Gasteiger partial charge in [-0.1, -0.05) is 23.8 Å². The molecule has 0 bridgehead atoms. The van der Waals surface area contributed by atoms with Crippen LogP contribution >= 0.6 is 0 Å². The summed E-state index contributed by atoms with van der Waals surface area (Å²) in [7, 11) is 1.53. The fourth-order valence-electron chi connectivity index (χ4n) is 2.65. The lowest BCUT2D eigenvalue weighted by molar-refractivity contribution is -0.116. The van der Waals surface area contributed by atoms with Gasteiger partial charge in [-0.2, -0.15) is 0 Å². The highest BCUT2D eigenvalue weighted by Gasteiger charge is 2.18. The van der Waals surface area contributed by atoms with E-state index < -0.39 is 5.91 Å². The first-order chi connectivity index (χ1) is 13.4. The summed E-state index contributed by atoms with van der Waals surface area (Å²) in [4.78, 5) is 37.7. The van der Waals surface area contributed by atoms with E-state index in [-0.39, 0.29) is 30.3 Å². The number of hydrogen-bond donors (Lipinski definition) is 1. The zero-order valence-electron chi connectivity index (χ0n) is 15.7. The Bertz CT molecular complexity index is 1030. The molecule has 2 amide bonds. The van der Waals surface area contributed by atoms with Gasteiger partial charge >= 0.3 is 0 Å². The molecule has 0 spiro atoms. The summed E-state index contributed by atoms with van der Waals surface area (Å²) in [6, 6.07) is 15.4. The zero-order chi connectivity index (χ0) is 20.1. The highest BCUT2D eigenvalue weighted by atomic mass is 16.4. The van der Waals surface area contributed by atoms with Crippen LogP contribution in [0.2, 0.25) is 0 Å². The molecule has 7 heteroatoms. The van der Waals surface area contributed by atoms with Gasteiger partial charge in [-0.05, 0) is 37.3 Å². The van der Waals surface area contributed by atoms with Crippen LogP contribution in [0.15, 0.2) is 70.0 Å². The number of aryl methyl sites for hydroxylation is 1. The Morgan fingerprint density at radius 2 is 1.82 bits per heavy atom. The molecule has 0 saturated heterocycles. The SMILES string of the molecule is Cc1ccc(NC(=O)CN(C)C(=O)c2ccc(Cn3ccccc3=O)o2)cc1. The molecule has 2 heterocycles. The van der Waals surface area contributed by atoms with Crippen LogP contribution in [-0.2, 0) is 11.3 Å². The predicted molar refractivity (Wildman–Crippen MR) is 105 cm³/mol. The number of rotatable bonds is 6. The third-order valence-electron chi connectivity index (χ3n) is 4.16. The molecule has 0 saturated carbocycles. The van der Waals surface area contributed by atoms with Crippen LogP contribution in [0.1, 0.15) is 21.9 Å². The van der Waals surface area contributed by atoms with E-state index in [0.717, 1.165) is 5.56 Å². The van der Waals surface area contributed by atoms with Gasteiger partial charge in [0.25, 0.3) is 11.5 Å². The Hall–Kier alpha value is -3.61. The Kier molecular flexibility index (Phi) is 5.74. The van der Waals surface area contributed by atoms with Gasteiger partial charge in [0, 0.05) is 25.0 Å². The van der Waals surface area contributed by atoms with Crippen molar-refractivity contribution >= 4 is 17.5 Å². The monoisotopic (exact) mass is 379 g/mol. The van der Waals surface area contributed by atoms with Gasteiger partial charge in [0.05, 0.1) is 13.1 Å². The van der Waals surface area contributed by atoms with Gasteiger partial charge < -0.3 is 19.2 Å². The highest BCUT2D eigenvalue weighted by Crippen LogP contribution is 2.12. The average molecular weight is 379 g/mol. The molecule has 3 rings (SSSR count). The van der Waals surface area contributed by atoms with E-state index in [0.29, 0.717) is 11.4 Å². The van der Waals surface area contributed by atoms with E-state index in [1.807, 2.05) is 19.1 Å². The molecule has 1 aromatic carbocycles. The Morgan fingerprint density at radius 1 is 1.07 bits per heavy atom. The fourth-order valence-corrected chi connectivity index (χ4v) is 2.65. The number of pyridine rings is 1. The van der Waals surface area contributed by atoms with Crippen molar-refractivity contribution in [3.8, 4) is 0 Å². The number of hydrogen-bond acceptors (Lipinski definition) is 4. The van der Waals surface area contributed by atoms with Crippen LogP contribution in [-0.4, -0.2) is 34.9 Å². The molecule has 0 radical (unpaired) electrons. The van der Waals surface area contributed by atoms with E-state index in [2.05, 4.69) is 5.32 Å². The number of nitrogens with zero attached hydrogens (tertiary/aromatic N) is 2. The summed E-state index contributed by atoms with van der Waals surface area (Å²) in [5, 5.41) is 2.75. The highest BCUT2D eigenvalue weighted by molar-refractivity contribution is 5.97. The van der Waals surface area contributed by atoms with Gasteiger partial charge in [0.2, 0.25) is 5.91 Å². The minimum Gasteiger partial charge on any atom is -0.454 e. The molecule has 1 N–H and O–H groups in total. The van der Waals surface area contributed by atoms with Gasteiger partial charge in [-0.25, -0.2) is 0 Å². The second kappa shape index (κ2) is 8.39. The van der Waals surface area contributed by atoms with Crippen LogP contribution in [0.4, 0.5) is 5.69 Å². The van der Waals surface area contributed by atoms with E-state index in [1.165, 1.54) is 22.6 Å². The second-order valence-corrected chi connectivity index (χ2v) is 6.51. The van der Waals surface area contributed by atoms with Crippen LogP contribution in [0, 0.1) is 6.92 Å². The topological polar surface area (TPSA) is 84.5 Å². The quantitative estimate of drug-likeness (QED) is 0.713. The molecular formula is C21H21N3O4. The lowest BCUT2D eigenvalue weighted by Crippen LogP contribution is -2.34. The van der Waals surface area contributed by atoms with E-state index >= 15 is 0 Å². The standard InChI is InChI=1S/C21H21N3O4/c1-15-6-8-16(9-7-15)22-19(25)14-23(2)21(27)18-11-10-17(28-18)13-24-12-4-3-5-20(24)26/h3-12H,13-14H2,1-2H3,(H,22,25). The Balaban J connectivity index is 1.59. The molecular weight excluding hydrogens is 358 g/mol. The lowest BCUT2D eigenvalue weighted by Gasteiger charge is -2.15. The number of amides is 2. The van der Waals surface area contributed by atoms with Crippen molar-refractivity contribution in [3.63, 3.8) is 0 Å². The lowest BCUT2D eigenvalue weighted by atomic mass is 10.2. The van der Waals surface area contributed by atoms with Crippen molar-refractivity contribution in [3.05, 3.63) is 88.2 Å². The summed E-state index contributed by atoms with van der Waals surface area (Å²) >= 11 is 0. The fraction of sp³-hybridized carbons (Fsp3) is 0.190. The number of aromatic nitrogens is 1. The largest absolute Gasteiger partial charge is 0.454 e. The molecule has 0 fully saturated rings. The predicted octanol–water partition coefficient (Wildman–Crippen LogP) is 2.51. The molecule has 3 aromatic rings. The van der Waals surface area contributed by atoms with Crippen molar-refractivity contribution in [1.29, 1.82) is 0 Å². The summed E-state index contributed by atoms with van der Waals surface area (Å²) in [6.07, 6.45) is 1.65. The Morgan fingerprint density at radius 3 is 2.54 bits per heavy atom. The van der Waals surface area contributed by atoms with Gasteiger partial charge in [-0.3, -0.25) is 14.4 Å². The number of furan rings is 1. The summed E-state index contributed by atoms with van der Waals surface area (Å²) in [5.74, 6) is -0.119. The van der Waals surface area contributed by atoms with Crippen LogP contribution in [0.3, 0.4) is 0 Å². The summed E-state index contributed by atoms with van der Waals surface area (Å²) in [5.41, 5.74) is 1.61. The molecule has 28 heavy (non-hydrogen) atoms. The van der Waals surface area contributed by atoms with Crippen molar-refractivity contribution < 1.29 is 14.0 Å².